The van der Waals surface area contributed by atoms with Crippen molar-refractivity contribution in [2.75, 3.05) is 0 Å². The van der Waals surface area contributed by atoms with Crippen molar-refractivity contribution < 1.29 is 9.53 Å². The summed E-state index contributed by atoms with van der Waals surface area (Å²) in [6, 6.07) is 9.03. The molecule has 0 bridgehead atoms. The summed E-state index contributed by atoms with van der Waals surface area (Å²) in [5.74, 6) is -0.409. The molecule has 0 N–H and O–H groups in total. The molecule has 0 aliphatic heterocycles. The van der Waals surface area contributed by atoms with Crippen LogP contribution in [0.25, 0.3) is 0 Å². The maximum absolute atomic E-state index is 11.8. The van der Waals surface area contributed by atoms with Crippen molar-refractivity contribution in [2.24, 2.45) is 5.41 Å². The third kappa shape index (κ3) is 3.57. The lowest BCUT2D eigenvalue weighted by Crippen LogP contribution is -2.30. The highest BCUT2D eigenvalue weighted by Gasteiger charge is 2.29. The fourth-order valence-electron chi connectivity index (χ4n) is 1.05. The maximum atomic E-state index is 11.8. The number of rotatable bonds is 3. The average molecular weight is 296 g/mol. The van der Waals surface area contributed by atoms with Crippen LogP contribution in [-0.4, -0.2) is 12.1 Å². The minimum Gasteiger partial charge on any atom is -0.457 e. The first kappa shape index (κ1) is 13.7. The zero-order valence-electron chi connectivity index (χ0n) is 10.0. The predicted octanol–water partition coefficient (Wildman–Crippen LogP) is 3.54. The van der Waals surface area contributed by atoms with Crippen LogP contribution < -0.4 is 0 Å². The second-order valence-electron chi connectivity index (χ2n) is 4.39. The molecule has 0 spiro atoms. The number of nitriles is 1. The van der Waals surface area contributed by atoms with Crippen LogP contribution in [0.3, 0.4) is 0 Å². The third-order valence-electron chi connectivity index (χ3n) is 2.67. The maximum Gasteiger partial charge on any atom is 0.338 e. The van der Waals surface area contributed by atoms with Crippen molar-refractivity contribution in [1.82, 2.24) is 0 Å². The molecule has 0 amide bonds. The first-order chi connectivity index (χ1) is 7.86. The Labute approximate surface area is 110 Å². The van der Waals surface area contributed by atoms with Crippen LogP contribution in [0, 0.1) is 16.7 Å². The van der Waals surface area contributed by atoms with Gasteiger partial charge in [0.2, 0.25) is 0 Å². The zero-order chi connectivity index (χ0) is 13.1. The third-order valence-corrected chi connectivity index (χ3v) is 3.20. The Morgan fingerprint density at radius 2 is 1.94 bits per heavy atom. The number of benzene rings is 1. The second-order valence-corrected chi connectivity index (χ2v) is 5.30. The monoisotopic (exact) mass is 295 g/mol. The van der Waals surface area contributed by atoms with Gasteiger partial charge < -0.3 is 4.74 Å². The fourth-order valence-corrected chi connectivity index (χ4v) is 1.32. The van der Waals surface area contributed by atoms with E-state index in [2.05, 4.69) is 22.0 Å². The van der Waals surface area contributed by atoms with Crippen LogP contribution >= 0.6 is 15.9 Å². The van der Waals surface area contributed by atoms with E-state index in [-0.39, 0.29) is 0 Å². The summed E-state index contributed by atoms with van der Waals surface area (Å²) in [4.78, 5) is 11.8. The lowest BCUT2D eigenvalue weighted by atomic mass is 9.89. The van der Waals surface area contributed by atoms with Gasteiger partial charge in [0.1, 0.15) is 6.10 Å². The standard InChI is InChI=1S/C13H14BrNO2/c1-9(13(2,3)8-15)17-12(16)10-4-6-11(14)7-5-10/h4-7,9H,1-3H3/t9-/m1/s1. The largest absolute Gasteiger partial charge is 0.457 e. The number of halogens is 1. The molecule has 0 aromatic heterocycles. The van der Waals surface area contributed by atoms with Crippen molar-refractivity contribution in [3.8, 4) is 6.07 Å². The zero-order valence-corrected chi connectivity index (χ0v) is 11.6. The average Bonchev–Trinajstić information content (AvgIpc) is 2.29. The van der Waals surface area contributed by atoms with Gasteiger partial charge in [0.15, 0.2) is 0 Å². The van der Waals surface area contributed by atoms with Crippen LogP contribution in [-0.2, 0) is 4.74 Å². The van der Waals surface area contributed by atoms with Gasteiger partial charge >= 0.3 is 5.97 Å². The van der Waals surface area contributed by atoms with Crippen molar-refractivity contribution in [3.63, 3.8) is 0 Å². The van der Waals surface area contributed by atoms with E-state index in [9.17, 15) is 4.79 Å². The number of ether oxygens (including phenoxy) is 1. The van der Waals surface area contributed by atoms with Crippen molar-refractivity contribution in [1.29, 1.82) is 5.26 Å². The Balaban J connectivity index is 2.74. The van der Waals surface area contributed by atoms with Gasteiger partial charge in [0.25, 0.3) is 0 Å². The van der Waals surface area contributed by atoms with Gasteiger partial charge in [-0.15, -0.1) is 0 Å². The first-order valence-electron chi connectivity index (χ1n) is 5.24. The quantitative estimate of drug-likeness (QED) is 0.801. The highest BCUT2D eigenvalue weighted by atomic mass is 79.9. The fraction of sp³-hybridized carbons (Fsp3) is 0.385. The molecule has 0 fully saturated rings. The summed E-state index contributed by atoms with van der Waals surface area (Å²) in [6.07, 6.45) is -0.455. The Kier molecular flexibility index (Phi) is 4.30. The van der Waals surface area contributed by atoms with E-state index in [0.717, 1.165) is 4.47 Å². The summed E-state index contributed by atoms with van der Waals surface area (Å²) in [6.45, 7) is 5.21. The smallest absolute Gasteiger partial charge is 0.338 e. The molecule has 0 aliphatic rings. The van der Waals surface area contributed by atoms with E-state index < -0.39 is 17.5 Å². The van der Waals surface area contributed by atoms with E-state index in [1.165, 1.54) is 0 Å². The molecular formula is C13H14BrNO2. The Morgan fingerprint density at radius 1 is 1.41 bits per heavy atom. The first-order valence-corrected chi connectivity index (χ1v) is 6.04. The molecule has 90 valence electrons. The molecule has 3 nitrogen and oxygen atoms in total. The van der Waals surface area contributed by atoms with Crippen LogP contribution in [0.15, 0.2) is 28.7 Å². The number of carbonyl (C=O) groups is 1. The van der Waals surface area contributed by atoms with Crippen molar-refractivity contribution >= 4 is 21.9 Å². The van der Waals surface area contributed by atoms with Crippen molar-refractivity contribution in [3.05, 3.63) is 34.3 Å². The minimum atomic E-state index is -0.689. The molecule has 0 saturated heterocycles. The molecule has 1 aromatic carbocycles. The van der Waals surface area contributed by atoms with Crippen LogP contribution in [0.2, 0.25) is 0 Å². The molecule has 0 unspecified atom stereocenters. The molecule has 1 aromatic rings. The van der Waals surface area contributed by atoms with E-state index in [0.29, 0.717) is 5.56 Å². The van der Waals surface area contributed by atoms with E-state index in [1.807, 2.05) is 0 Å². The number of carbonyl (C=O) groups excluding carboxylic acids is 1. The summed E-state index contributed by atoms with van der Waals surface area (Å²) < 4.78 is 6.16. The van der Waals surface area contributed by atoms with Gasteiger partial charge in [0, 0.05) is 4.47 Å². The van der Waals surface area contributed by atoms with Crippen LogP contribution in [0.1, 0.15) is 31.1 Å². The summed E-state index contributed by atoms with van der Waals surface area (Å²) in [7, 11) is 0. The number of hydrogen-bond donors (Lipinski definition) is 0. The summed E-state index contributed by atoms with van der Waals surface area (Å²) in [5.41, 5.74) is -0.209. The van der Waals surface area contributed by atoms with Gasteiger partial charge in [-0.05, 0) is 45.0 Å². The number of hydrogen-bond acceptors (Lipinski definition) is 3. The normalized spacial score (nSPS) is 12.6. The molecule has 0 radical (unpaired) electrons. The Bertz CT molecular complexity index is 445. The molecule has 1 rings (SSSR count). The highest BCUT2D eigenvalue weighted by molar-refractivity contribution is 9.10. The molecule has 0 heterocycles. The summed E-state index contributed by atoms with van der Waals surface area (Å²) in [5, 5.41) is 8.94. The predicted molar refractivity (Wildman–Crippen MR) is 68.4 cm³/mol. The van der Waals surface area contributed by atoms with Crippen LogP contribution in [0.5, 0.6) is 0 Å². The van der Waals surface area contributed by atoms with E-state index >= 15 is 0 Å². The van der Waals surface area contributed by atoms with Crippen LogP contribution in [0.4, 0.5) is 0 Å². The summed E-state index contributed by atoms with van der Waals surface area (Å²) >= 11 is 3.29. The van der Waals surface area contributed by atoms with Gasteiger partial charge in [-0.3, -0.25) is 0 Å². The SMILES string of the molecule is C[C@@H](OC(=O)c1ccc(Br)cc1)C(C)(C)C#N. The van der Waals surface area contributed by atoms with Gasteiger partial charge in [-0.2, -0.15) is 5.26 Å². The lowest BCUT2D eigenvalue weighted by Gasteiger charge is -2.24. The van der Waals surface area contributed by atoms with Gasteiger partial charge in [-0.25, -0.2) is 4.79 Å². The molecule has 4 heteroatoms. The van der Waals surface area contributed by atoms with Gasteiger partial charge in [-0.1, -0.05) is 15.9 Å². The number of esters is 1. The molecule has 1 atom stereocenters. The van der Waals surface area contributed by atoms with E-state index in [1.54, 1.807) is 45.0 Å². The van der Waals surface area contributed by atoms with Crippen molar-refractivity contribution in [2.45, 2.75) is 26.9 Å². The minimum absolute atomic E-state index is 0.409. The highest BCUT2D eigenvalue weighted by Crippen LogP contribution is 2.23. The van der Waals surface area contributed by atoms with E-state index in [4.69, 9.17) is 10.00 Å². The topological polar surface area (TPSA) is 50.1 Å². The molecule has 17 heavy (non-hydrogen) atoms. The Morgan fingerprint density at radius 3 is 2.41 bits per heavy atom. The molecule has 0 aliphatic carbocycles. The molecule has 0 saturated carbocycles. The van der Waals surface area contributed by atoms with Gasteiger partial charge in [0.05, 0.1) is 17.0 Å². The second kappa shape index (κ2) is 5.33. The Hall–Kier alpha value is -1.34. The molecular weight excluding hydrogens is 282 g/mol. The number of nitrogens with zero attached hydrogens (tertiary/aromatic N) is 1. The lowest BCUT2D eigenvalue weighted by molar-refractivity contribution is 0.0129.